The van der Waals surface area contributed by atoms with Gasteiger partial charge in [0.05, 0.1) is 12.7 Å². The summed E-state index contributed by atoms with van der Waals surface area (Å²) in [6.07, 6.45) is 10.4. The summed E-state index contributed by atoms with van der Waals surface area (Å²) in [4.78, 5) is 0. The number of hydrogen-bond donors (Lipinski definition) is 0. The minimum absolute atomic E-state index is 0.654. The van der Waals surface area contributed by atoms with Gasteiger partial charge in [-0.1, -0.05) is 45.4 Å². The van der Waals surface area contributed by atoms with Crippen molar-refractivity contribution < 1.29 is 4.74 Å². The Morgan fingerprint density at radius 3 is 2.36 bits per heavy atom. The normalized spacial score (nSPS) is 22.1. The first-order valence-electron chi connectivity index (χ1n) is 5.05. The van der Waals surface area contributed by atoms with E-state index in [4.69, 9.17) is 4.74 Å². The van der Waals surface area contributed by atoms with Crippen LogP contribution in [0.3, 0.4) is 0 Å². The molecule has 1 rings (SSSR count). The Hall–Kier alpha value is -0.0400. The van der Waals surface area contributed by atoms with Crippen LogP contribution in [0.25, 0.3) is 0 Å². The maximum absolute atomic E-state index is 5.14. The SMILES string of the molecule is CCCCCCCC[C@H]1CO1. The highest BCUT2D eigenvalue weighted by Crippen LogP contribution is 2.17. The van der Waals surface area contributed by atoms with Crippen molar-refractivity contribution in [2.45, 2.75) is 58.0 Å². The third-order valence-electron chi connectivity index (χ3n) is 2.28. The van der Waals surface area contributed by atoms with Gasteiger partial charge in [0, 0.05) is 0 Å². The number of rotatable bonds is 7. The average Bonchev–Trinajstić information content (AvgIpc) is 2.80. The van der Waals surface area contributed by atoms with Gasteiger partial charge in [0.15, 0.2) is 0 Å². The fraction of sp³-hybridized carbons (Fsp3) is 1.00. The van der Waals surface area contributed by atoms with E-state index in [2.05, 4.69) is 6.92 Å². The van der Waals surface area contributed by atoms with Gasteiger partial charge in [-0.15, -0.1) is 0 Å². The predicted molar refractivity (Wildman–Crippen MR) is 47.7 cm³/mol. The van der Waals surface area contributed by atoms with Gasteiger partial charge in [-0.25, -0.2) is 0 Å². The van der Waals surface area contributed by atoms with E-state index >= 15 is 0 Å². The molecule has 1 aliphatic heterocycles. The molecule has 0 radical (unpaired) electrons. The monoisotopic (exact) mass is 156 g/mol. The molecule has 11 heavy (non-hydrogen) atoms. The van der Waals surface area contributed by atoms with Crippen LogP contribution >= 0.6 is 0 Å². The summed E-state index contributed by atoms with van der Waals surface area (Å²) in [6.45, 7) is 3.30. The number of ether oxygens (including phenoxy) is 1. The van der Waals surface area contributed by atoms with E-state index in [1.165, 1.54) is 44.9 Å². The van der Waals surface area contributed by atoms with Crippen LogP contribution in [-0.2, 0) is 4.74 Å². The Kier molecular flexibility index (Phi) is 4.60. The van der Waals surface area contributed by atoms with Gasteiger partial charge < -0.3 is 4.74 Å². The third-order valence-corrected chi connectivity index (χ3v) is 2.28. The maximum Gasteiger partial charge on any atom is 0.0810 e. The topological polar surface area (TPSA) is 12.5 Å². The smallest absolute Gasteiger partial charge is 0.0810 e. The van der Waals surface area contributed by atoms with E-state index in [9.17, 15) is 0 Å². The molecule has 66 valence electrons. The maximum atomic E-state index is 5.14. The quantitative estimate of drug-likeness (QED) is 0.407. The van der Waals surface area contributed by atoms with Crippen molar-refractivity contribution in [3.8, 4) is 0 Å². The van der Waals surface area contributed by atoms with Crippen LogP contribution in [0.4, 0.5) is 0 Å². The summed E-state index contributed by atoms with van der Waals surface area (Å²) in [5.74, 6) is 0. The van der Waals surface area contributed by atoms with E-state index in [0.717, 1.165) is 6.61 Å². The highest BCUT2D eigenvalue weighted by atomic mass is 16.6. The predicted octanol–water partition coefficient (Wildman–Crippen LogP) is 3.14. The first kappa shape index (κ1) is 9.05. The van der Waals surface area contributed by atoms with Crippen molar-refractivity contribution in [3.05, 3.63) is 0 Å². The average molecular weight is 156 g/mol. The number of epoxide rings is 1. The summed E-state index contributed by atoms with van der Waals surface area (Å²) < 4.78 is 5.14. The van der Waals surface area contributed by atoms with E-state index < -0.39 is 0 Å². The number of hydrogen-bond acceptors (Lipinski definition) is 1. The Morgan fingerprint density at radius 2 is 1.73 bits per heavy atom. The lowest BCUT2D eigenvalue weighted by Gasteiger charge is -1.97. The molecule has 0 saturated carbocycles. The van der Waals surface area contributed by atoms with Gasteiger partial charge in [0.25, 0.3) is 0 Å². The van der Waals surface area contributed by atoms with Crippen LogP contribution < -0.4 is 0 Å². The molecule has 0 aliphatic carbocycles. The molecular weight excluding hydrogens is 136 g/mol. The first-order chi connectivity index (χ1) is 5.43. The second-order valence-electron chi connectivity index (χ2n) is 3.51. The molecule has 0 amide bonds. The van der Waals surface area contributed by atoms with Crippen LogP contribution in [0.15, 0.2) is 0 Å². The zero-order chi connectivity index (χ0) is 7.94. The van der Waals surface area contributed by atoms with Gasteiger partial charge in [-0.2, -0.15) is 0 Å². The van der Waals surface area contributed by atoms with Crippen LogP contribution in [0.5, 0.6) is 0 Å². The fourth-order valence-corrected chi connectivity index (χ4v) is 1.39. The van der Waals surface area contributed by atoms with Gasteiger partial charge in [-0.3, -0.25) is 0 Å². The Morgan fingerprint density at radius 1 is 1.09 bits per heavy atom. The number of unbranched alkanes of at least 4 members (excludes halogenated alkanes) is 5. The molecule has 1 nitrogen and oxygen atoms in total. The minimum atomic E-state index is 0.654. The highest BCUT2D eigenvalue weighted by Gasteiger charge is 2.20. The lowest BCUT2D eigenvalue weighted by molar-refractivity contribution is 0.387. The van der Waals surface area contributed by atoms with Gasteiger partial charge in [0.2, 0.25) is 0 Å². The summed E-state index contributed by atoms with van der Waals surface area (Å²) in [7, 11) is 0. The lowest BCUT2D eigenvalue weighted by atomic mass is 10.1. The van der Waals surface area contributed by atoms with Crippen molar-refractivity contribution in [1.82, 2.24) is 0 Å². The zero-order valence-electron chi connectivity index (χ0n) is 7.64. The van der Waals surface area contributed by atoms with E-state index in [0.29, 0.717) is 6.10 Å². The molecule has 0 aromatic heterocycles. The molecule has 1 atom stereocenters. The Labute approximate surface area is 70.1 Å². The first-order valence-corrected chi connectivity index (χ1v) is 5.05. The zero-order valence-corrected chi connectivity index (χ0v) is 7.64. The van der Waals surface area contributed by atoms with Crippen molar-refractivity contribution in [3.63, 3.8) is 0 Å². The fourth-order valence-electron chi connectivity index (χ4n) is 1.39. The summed E-state index contributed by atoms with van der Waals surface area (Å²) >= 11 is 0. The van der Waals surface area contributed by atoms with Crippen LogP contribution in [0.2, 0.25) is 0 Å². The van der Waals surface area contributed by atoms with Gasteiger partial charge >= 0.3 is 0 Å². The molecule has 1 aliphatic rings. The van der Waals surface area contributed by atoms with Crippen molar-refractivity contribution in [2.24, 2.45) is 0 Å². The van der Waals surface area contributed by atoms with Gasteiger partial charge in [-0.05, 0) is 6.42 Å². The molecule has 1 heteroatoms. The molecule has 1 saturated heterocycles. The summed E-state index contributed by atoms with van der Waals surface area (Å²) in [5.41, 5.74) is 0. The minimum Gasteiger partial charge on any atom is -0.373 e. The second-order valence-corrected chi connectivity index (χ2v) is 3.51. The molecule has 0 spiro atoms. The molecule has 1 heterocycles. The molecule has 0 aromatic carbocycles. The Balaban J connectivity index is 1.66. The van der Waals surface area contributed by atoms with Crippen LogP contribution in [-0.4, -0.2) is 12.7 Å². The van der Waals surface area contributed by atoms with Crippen LogP contribution in [0.1, 0.15) is 51.9 Å². The molecule has 0 unspecified atom stereocenters. The van der Waals surface area contributed by atoms with Crippen LogP contribution in [0, 0.1) is 0 Å². The molecule has 1 fully saturated rings. The highest BCUT2D eigenvalue weighted by molar-refractivity contribution is 4.68. The standard InChI is InChI=1S/C10H20O/c1-2-3-4-5-6-7-8-10-9-11-10/h10H,2-9H2,1H3/t10-/m0/s1. The van der Waals surface area contributed by atoms with E-state index in [1.807, 2.05) is 0 Å². The largest absolute Gasteiger partial charge is 0.373 e. The van der Waals surface area contributed by atoms with Crippen molar-refractivity contribution >= 4 is 0 Å². The molecule has 0 aromatic rings. The second kappa shape index (κ2) is 5.59. The molecule has 0 N–H and O–H groups in total. The molecule has 0 bridgehead atoms. The lowest BCUT2D eigenvalue weighted by Crippen LogP contribution is -1.85. The van der Waals surface area contributed by atoms with Crippen molar-refractivity contribution in [1.29, 1.82) is 0 Å². The molecular formula is C10H20O. The van der Waals surface area contributed by atoms with E-state index in [-0.39, 0.29) is 0 Å². The third kappa shape index (κ3) is 5.25. The Bertz CT molecular complexity index is 86.9. The van der Waals surface area contributed by atoms with E-state index in [1.54, 1.807) is 0 Å². The van der Waals surface area contributed by atoms with Gasteiger partial charge in [0.1, 0.15) is 0 Å². The van der Waals surface area contributed by atoms with Crippen molar-refractivity contribution in [2.75, 3.05) is 6.61 Å². The summed E-state index contributed by atoms with van der Waals surface area (Å²) in [5, 5.41) is 0. The summed E-state index contributed by atoms with van der Waals surface area (Å²) in [6, 6.07) is 0.